The largest absolute Gasteiger partial charge is 0.377 e. The molecule has 0 spiro atoms. The van der Waals surface area contributed by atoms with E-state index in [-0.39, 0.29) is 6.04 Å². The fraction of sp³-hybridized carbons (Fsp3) is 0.474. The predicted molar refractivity (Wildman–Crippen MR) is 102 cm³/mol. The molecule has 8 nitrogen and oxygen atoms in total. The molecule has 1 N–H and O–H groups in total. The average molecular weight is 365 g/mol. The molecule has 0 bridgehead atoms. The SMILES string of the molecule is Cc1cc(-n2ncc3c(C(C)(C)C#N)cc(N4CCOC[C@H]4C)nc32)[nH]n1. The molecule has 1 aliphatic rings. The molecule has 4 rings (SSSR count). The van der Waals surface area contributed by atoms with Crippen LogP contribution in [0.1, 0.15) is 32.0 Å². The molecule has 140 valence electrons. The van der Waals surface area contributed by atoms with Gasteiger partial charge >= 0.3 is 0 Å². The lowest BCUT2D eigenvalue weighted by Gasteiger charge is -2.35. The highest BCUT2D eigenvalue weighted by molar-refractivity contribution is 5.84. The van der Waals surface area contributed by atoms with Crippen LogP contribution in [0.4, 0.5) is 5.82 Å². The Labute approximate surface area is 157 Å². The highest BCUT2D eigenvalue weighted by Crippen LogP contribution is 2.33. The highest BCUT2D eigenvalue weighted by Gasteiger charge is 2.29. The summed E-state index contributed by atoms with van der Waals surface area (Å²) in [6, 6.07) is 6.58. The lowest BCUT2D eigenvalue weighted by atomic mass is 9.85. The van der Waals surface area contributed by atoms with Crippen LogP contribution in [0, 0.1) is 18.3 Å². The summed E-state index contributed by atoms with van der Waals surface area (Å²) in [5.74, 6) is 1.59. The second-order valence-corrected chi connectivity index (χ2v) is 7.57. The number of aromatic nitrogens is 5. The number of H-pyrrole nitrogens is 1. The van der Waals surface area contributed by atoms with Crippen LogP contribution in [0.25, 0.3) is 16.9 Å². The van der Waals surface area contributed by atoms with Gasteiger partial charge in [-0.2, -0.15) is 20.1 Å². The molecule has 0 unspecified atom stereocenters. The maximum Gasteiger partial charge on any atom is 0.167 e. The third-order valence-electron chi connectivity index (χ3n) is 5.06. The molecule has 1 fully saturated rings. The normalized spacial score (nSPS) is 18.0. The topological polar surface area (TPSA) is 95.6 Å². The van der Waals surface area contributed by atoms with Gasteiger partial charge in [-0.05, 0) is 39.3 Å². The molecular formula is C19H23N7O. The molecule has 0 saturated carbocycles. The minimum absolute atomic E-state index is 0.215. The van der Waals surface area contributed by atoms with Crippen LogP contribution in [-0.2, 0) is 10.2 Å². The molecule has 1 saturated heterocycles. The molecule has 27 heavy (non-hydrogen) atoms. The van der Waals surface area contributed by atoms with Crippen LogP contribution in [0.5, 0.6) is 0 Å². The Hall–Kier alpha value is -2.92. The summed E-state index contributed by atoms with van der Waals surface area (Å²) in [6.07, 6.45) is 1.78. The molecule has 1 atom stereocenters. The zero-order chi connectivity index (χ0) is 19.2. The number of ether oxygens (including phenoxy) is 1. The zero-order valence-corrected chi connectivity index (χ0v) is 16.0. The summed E-state index contributed by atoms with van der Waals surface area (Å²) < 4.78 is 7.32. The number of aromatic amines is 1. The van der Waals surface area contributed by atoms with E-state index in [2.05, 4.69) is 33.2 Å². The van der Waals surface area contributed by atoms with Crippen molar-refractivity contribution in [2.75, 3.05) is 24.7 Å². The molecule has 0 aromatic carbocycles. The summed E-state index contributed by atoms with van der Waals surface area (Å²) in [6.45, 7) is 9.98. The van der Waals surface area contributed by atoms with Gasteiger partial charge in [-0.3, -0.25) is 5.10 Å². The first-order chi connectivity index (χ1) is 12.9. The van der Waals surface area contributed by atoms with Crippen LogP contribution in [0.2, 0.25) is 0 Å². The molecule has 3 aromatic heterocycles. The fourth-order valence-electron chi connectivity index (χ4n) is 3.47. The molecule has 8 heteroatoms. The Bertz CT molecular complexity index is 1030. The number of morpholine rings is 1. The number of hydrogen-bond acceptors (Lipinski definition) is 6. The number of aryl methyl sites for hydroxylation is 1. The number of nitriles is 1. The lowest BCUT2D eigenvalue weighted by Crippen LogP contribution is -2.44. The van der Waals surface area contributed by atoms with Crippen LogP contribution in [0.3, 0.4) is 0 Å². The maximum atomic E-state index is 9.74. The first-order valence-corrected chi connectivity index (χ1v) is 9.08. The lowest BCUT2D eigenvalue weighted by molar-refractivity contribution is 0.0985. The van der Waals surface area contributed by atoms with Crippen LogP contribution >= 0.6 is 0 Å². The quantitative estimate of drug-likeness (QED) is 0.766. The molecular weight excluding hydrogens is 342 g/mol. The molecule has 0 radical (unpaired) electrons. The van der Waals surface area contributed by atoms with Gasteiger partial charge in [-0.15, -0.1) is 0 Å². The van der Waals surface area contributed by atoms with Gasteiger partial charge in [0.15, 0.2) is 11.5 Å². The van der Waals surface area contributed by atoms with Crippen LogP contribution < -0.4 is 4.90 Å². The number of nitrogens with zero attached hydrogens (tertiary/aromatic N) is 6. The Kier molecular flexibility index (Phi) is 4.12. The Balaban J connectivity index is 1.95. The van der Waals surface area contributed by atoms with Gasteiger partial charge < -0.3 is 9.64 Å². The van der Waals surface area contributed by atoms with E-state index in [1.165, 1.54) is 0 Å². The number of nitrogens with one attached hydrogen (secondary N) is 1. The van der Waals surface area contributed by atoms with Gasteiger partial charge in [-0.1, -0.05) is 0 Å². The molecule has 4 heterocycles. The minimum Gasteiger partial charge on any atom is -0.377 e. The summed E-state index contributed by atoms with van der Waals surface area (Å²) in [5.41, 5.74) is 1.85. The van der Waals surface area contributed by atoms with Crippen molar-refractivity contribution >= 4 is 16.9 Å². The number of fused-ring (bicyclic) bond motifs is 1. The van der Waals surface area contributed by atoms with Gasteiger partial charge in [0.05, 0.1) is 42.6 Å². The van der Waals surface area contributed by atoms with Gasteiger partial charge in [0, 0.05) is 18.0 Å². The summed E-state index contributed by atoms with van der Waals surface area (Å²) in [4.78, 5) is 7.15. The van der Waals surface area contributed by atoms with E-state index < -0.39 is 5.41 Å². The first-order valence-electron chi connectivity index (χ1n) is 9.08. The minimum atomic E-state index is -0.663. The standard InChI is InChI=1S/C19H23N7O/c1-12-7-17(24-23-12)26-18-14(9-21-26)15(19(3,4)11-20)8-16(22-18)25-5-6-27-10-13(25)2/h7-9,13H,5-6,10H2,1-4H3,(H,23,24)/t13-/m1/s1. The molecule has 0 aliphatic carbocycles. The molecule has 3 aromatic rings. The average Bonchev–Trinajstić information content (AvgIpc) is 3.27. The smallest absolute Gasteiger partial charge is 0.167 e. The van der Waals surface area contributed by atoms with E-state index in [4.69, 9.17) is 9.72 Å². The zero-order valence-electron chi connectivity index (χ0n) is 16.0. The number of rotatable bonds is 3. The van der Waals surface area contributed by atoms with E-state index in [1.54, 1.807) is 10.9 Å². The van der Waals surface area contributed by atoms with Crippen molar-refractivity contribution < 1.29 is 4.74 Å². The van der Waals surface area contributed by atoms with Crippen molar-refractivity contribution in [1.82, 2.24) is 25.0 Å². The summed E-state index contributed by atoms with van der Waals surface area (Å²) in [5, 5.41) is 22.3. The van der Waals surface area contributed by atoms with E-state index in [0.717, 1.165) is 34.8 Å². The second kappa shape index (κ2) is 6.35. The van der Waals surface area contributed by atoms with E-state index in [1.807, 2.05) is 32.9 Å². The predicted octanol–water partition coefficient (Wildman–Crippen LogP) is 2.48. The molecule has 1 aliphatic heterocycles. The van der Waals surface area contributed by atoms with Crippen LogP contribution in [0.15, 0.2) is 18.3 Å². The fourth-order valence-corrected chi connectivity index (χ4v) is 3.47. The van der Waals surface area contributed by atoms with Crippen molar-refractivity contribution in [2.45, 2.75) is 39.2 Å². The van der Waals surface area contributed by atoms with Gasteiger partial charge in [0.1, 0.15) is 5.82 Å². The summed E-state index contributed by atoms with van der Waals surface area (Å²) in [7, 11) is 0. The van der Waals surface area contributed by atoms with Crippen molar-refractivity contribution in [1.29, 1.82) is 5.26 Å². The molecule has 0 amide bonds. The van der Waals surface area contributed by atoms with Crippen LogP contribution in [-0.4, -0.2) is 50.8 Å². The maximum absolute atomic E-state index is 9.74. The third-order valence-corrected chi connectivity index (χ3v) is 5.06. The number of anilines is 1. The Morgan fingerprint density at radius 3 is 2.85 bits per heavy atom. The number of pyridine rings is 1. The third kappa shape index (κ3) is 2.94. The van der Waals surface area contributed by atoms with Crippen molar-refractivity contribution in [3.63, 3.8) is 0 Å². The Morgan fingerprint density at radius 2 is 2.19 bits per heavy atom. The van der Waals surface area contributed by atoms with Crippen molar-refractivity contribution in [3.05, 3.63) is 29.6 Å². The van der Waals surface area contributed by atoms with E-state index >= 15 is 0 Å². The van der Waals surface area contributed by atoms with E-state index in [9.17, 15) is 5.26 Å². The van der Waals surface area contributed by atoms with Crippen molar-refractivity contribution in [2.24, 2.45) is 0 Å². The highest BCUT2D eigenvalue weighted by atomic mass is 16.5. The monoisotopic (exact) mass is 365 g/mol. The van der Waals surface area contributed by atoms with Gasteiger partial charge in [0.25, 0.3) is 0 Å². The summed E-state index contributed by atoms with van der Waals surface area (Å²) >= 11 is 0. The second-order valence-electron chi connectivity index (χ2n) is 7.57. The van der Waals surface area contributed by atoms with Gasteiger partial charge in [0.2, 0.25) is 0 Å². The van der Waals surface area contributed by atoms with E-state index in [0.29, 0.717) is 18.9 Å². The number of hydrogen-bond donors (Lipinski definition) is 1. The Morgan fingerprint density at radius 1 is 1.37 bits per heavy atom. The first kappa shape index (κ1) is 17.5. The van der Waals surface area contributed by atoms with Crippen molar-refractivity contribution in [3.8, 4) is 11.9 Å². The van der Waals surface area contributed by atoms with Gasteiger partial charge in [-0.25, -0.2) is 4.98 Å².